The summed E-state index contributed by atoms with van der Waals surface area (Å²) in [6, 6.07) is 4.15. The van der Waals surface area contributed by atoms with Crippen LogP contribution in [0.2, 0.25) is 0 Å². The number of aryl methyl sites for hydroxylation is 2. The molecule has 0 N–H and O–H groups in total. The smallest absolute Gasteiger partial charge is 0.135 e. The van der Waals surface area contributed by atoms with Gasteiger partial charge in [0.2, 0.25) is 0 Å². The lowest BCUT2D eigenvalue weighted by atomic mass is 10.0. The summed E-state index contributed by atoms with van der Waals surface area (Å²) in [6.07, 6.45) is 1.69. The molecule has 0 aliphatic rings. The van der Waals surface area contributed by atoms with Crippen molar-refractivity contribution >= 4 is 5.69 Å². The highest BCUT2D eigenvalue weighted by Gasteiger charge is 2.14. The topological polar surface area (TPSA) is 16.1 Å². The average molecular weight is 262 g/mol. The highest BCUT2D eigenvalue weighted by atomic mass is 19.1. The molecule has 19 heavy (non-hydrogen) atoms. The molecule has 0 bridgehead atoms. The van der Waals surface area contributed by atoms with Gasteiger partial charge in [-0.1, -0.05) is 0 Å². The first-order chi connectivity index (χ1) is 8.90. The van der Waals surface area contributed by atoms with Gasteiger partial charge in [-0.3, -0.25) is 4.98 Å². The second-order valence-corrected chi connectivity index (χ2v) is 4.83. The van der Waals surface area contributed by atoms with Crippen molar-refractivity contribution in [3.05, 3.63) is 47.2 Å². The van der Waals surface area contributed by atoms with E-state index in [1.54, 1.807) is 13.1 Å². The molecule has 2 rings (SSSR count). The summed E-state index contributed by atoms with van der Waals surface area (Å²) in [4.78, 5) is 6.25. The number of rotatable bonds is 2. The van der Waals surface area contributed by atoms with Crippen LogP contribution >= 0.6 is 0 Å². The standard InChI is InChI=1S/C15H16F2N2/c1-9-5-11(16)7-13(17)14(9)15-10(2)6-12(8-18-15)19(3)4/h5-8H,1-4H3. The van der Waals surface area contributed by atoms with Crippen LogP contribution in [0.4, 0.5) is 14.5 Å². The second-order valence-electron chi connectivity index (χ2n) is 4.83. The minimum atomic E-state index is -0.578. The van der Waals surface area contributed by atoms with Gasteiger partial charge < -0.3 is 4.90 Å². The summed E-state index contributed by atoms with van der Waals surface area (Å²) in [5, 5.41) is 0. The van der Waals surface area contributed by atoms with Gasteiger partial charge in [-0.25, -0.2) is 8.78 Å². The van der Waals surface area contributed by atoms with Crippen LogP contribution in [0, 0.1) is 25.5 Å². The van der Waals surface area contributed by atoms with Crippen molar-refractivity contribution in [2.45, 2.75) is 13.8 Å². The van der Waals surface area contributed by atoms with E-state index in [2.05, 4.69) is 4.98 Å². The van der Waals surface area contributed by atoms with Crippen LogP contribution in [0.3, 0.4) is 0 Å². The highest BCUT2D eigenvalue weighted by molar-refractivity contribution is 5.69. The van der Waals surface area contributed by atoms with Gasteiger partial charge in [-0.15, -0.1) is 0 Å². The lowest BCUT2D eigenvalue weighted by Crippen LogP contribution is -2.09. The zero-order valence-corrected chi connectivity index (χ0v) is 11.5. The summed E-state index contributed by atoms with van der Waals surface area (Å²) in [7, 11) is 3.83. The second kappa shape index (κ2) is 4.96. The molecular weight excluding hydrogens is 246 g/mol. The molecule has 1 aromatic heterocycles. The largest absolute Gasteiger partial charge is 0.376 e. The summed E-state index contributed by atoms with van der Waals surface area (Å²) >= 11 is 0. The van der Waals surface area contributed by atoms with Crippen LogP contribution in [0.25, 0.3) is 11.3 Å². The molecule has 0 spiro atoms. The van der Waals surface area contributed by atoms with E-state index < -0.39 is 11.6 Å². The maximum atomic E-state index is 13.9. The van der Waals surface area contributed by atoms with E-state index in [4.69, 9.17) is 0 Å². The Morgan fingerprint density at radius 2 is 1.68 bits per heavy atom. The highest BCUT2D eigenvalue weighted by Crippen LogP contribution is 2.29. The van der Waals surface area contributed by atoms with Gasteiger partial charge in [-0.2, -0.15) is 0 Å². The molecule has 0 saturated heterocycles. The predicted molar refractivity (Wildman–Crippen MR) is 73.4 cm³/mol. The van der Waals surface area contributed by atoms with Gasteiger partial charge in [0.25, 0.3) is 0 Å². The molecule has 0 amide bonds. The van der Waals surface area contributed by atoms with Crippen LogP contribution < -0.4 is 4.90 Å². The third-order valence-electron chi connectivity index (χ3n) is 3.07. The minimum Gasteiger partial charge on any atom is -0.376 e. The molecular formula is C15H16F2N2. The Balaban J connectivity index is 2.60. The molecule has 0 unspecified atom stereocenters. The number of halogens is 2. The monoisotopic (exact) mass is 262 g/mol. The maximum Gasteiger partial charge on any atom is 0.135 e. The molecule has 0 atom stereocenters. The number of anilines is 1. The fraction of sp³-hybridized carbons (Fsp3) is 0.267. The van der Waals surface area contributed by atoms with Crippen LogP contribution in [0.15, 0.2) is 24.4 Å². The Bertz CT molecular complexity index is 599. The van der Waals surface area contributed by atoms with Crippen molar-refractivity contribution in [1.29, 1.82) is 0 Å². The molecule has 100 valence electrons. The van der Waals surface area contributed by atoms with Crippen molar-refractivity contribution in [3.63, 3.8) is 0 Å². The Labute approximate surface area is 111 Å². The van der Waals surface area contributed by atoms with Gasteiger partial charge in [0.15, 0.2) is 0 Å². The van der Waals surface area contributed by atoms with E-state index >= 15 is 0 Å². The van der Waals surface area contributed by atoms with Crippen LogP contribution in [-0.4, -0.2) is 19.1 Å². The quantitative estimate of drug-likeness (QED) is 0.820. The van der Waals surface area contributed by atoms with Crippen molar-refractivity contribution in [2.24, 2.45) is 0 Å². The minimum absolute atomic E-state index is 0.365. The van der Waals surface area contributed by atoms with E-state index in [0.717, 1.165) is 17.3 Å². The summed E-state index contributed by atoms with van der Waals surface area (Å²) in [5.74, 6) is -1.15. The lowest BCUT2D eigenvalue weighted by Gasteiger charge is -2.15. The van der Waals surface area contributed by atoms with Crippen LogP contribution in [0.1, 0.15) is 11.1 Å². The molecule has 0 aliphatic heterocycles. The van der Waals surface area contributed by atoms with E-state index in [-0.39, 0.29) is 0 Å². The first kappa shape index (κ1) is 13.5. The molecule has 1 aromatic carbocycles. The molecule has 2 aromatic rings. The zero-order chi connectivity index (χ0) is 14.2. The zero-order valence-electron chi connectivity index (χ0n) is 11.5. The Morgan fingerprint density at radius 3 is 2.21 bits per heavy atom. The van der Waals surface area contributed by atoms with E-state index in [1.807, 2.05) is 32.0 Å². The summed E-state index contributed by atoms with van der Waals surface area (Å²) in [6.45, 7) is 3.56. The summed E-state index contributed by atoms with van der Waals surface area (Å²) < 4.78 is 27.1. The average Bonchev–Trinajstić information content (AvgIpc) is 2.29. The molecule has 4 heteroatoms. The van der Waals surface area contributed by atoms with Gasteiger partial charge in [0, 0.05) is 25.7 Å². The van der Waals surface area contributed by atoms with Crippen molar-refractivity contribution in [1.82, 2.24) is 4.98 Å². The van der Waals surface area contributed by atoms with Gasteiger partial charge >= 0.3 is 0 Å². The van der Waals surface area contributed by atoms with Gasteiger partial charge in [0.1, 0.15) is 11.6 Å². The fourth-order valence-corrected chi connectivity index (χ4v) is 2.07. The number of pyridine rings is 1. The van der Waals surface area contributed by atoms with E-state index in [0.29, 0.717) is 16.8 Å². The van der Waals surface area contributed by atoms with E-state index in [1.165, 1.54) is 6.07 Å². The Kier molecular flexibility index (Phi) is 3.51. The Hall–Kier alpha value is -1.97. The Morgan fingerprint density at radius 1 is 1.00 bits per heavy atom. The molecule has 0 aliphatic carbocycles. The van der Waals surface area contributed by atoms with Crippen LogP contribution in [0.5, 0.6) is 0 Å². The lowest BCUT2D eigenvalue weighted by molar-refractivity contribution is 0.583. The number of benzene rings is 1. The SMILES string of the molecule is Cc1cc(N(C)C)cnc1-c1c(C)cc(F)cc1F. The summed E-state index contributed by atoms with van der Waals surface area (Å²) in [5.41, 5.74) is 3.27. The molecule has 0 radical (unpaired) electrons. The molecule has 0 fully saturated rings. The maximum absolute atomic E-state index is 13.9. The first-order valence-corrected chi connectivity index (χ1v) is 6.00. The third-order valence-corrected chi connectivity index (χ3v) is 3.07. The van der Waals surface area contributed by atoms with Crippen molar-refractivity contribution < 1.29 is 8.78 Å². The van der Waals surface area contributed by atoms with Gasteiger partial charge in [0.05, 0.1) is 17.6 Å². The molecule has 0 saturated carbocycles. The van der Waals surface area contributed by atoms with E-state index in [9.17, 15) is 8.78 Å². The third kappa shape index (κ3) is 2.57. The van der Waals surface area contributed by atoms with Gasteiger partial charge in [-0.05, 0) is 37.1 Å². The number of aromatic nitrogens is 1. The fourth-order valence-electron chi connectivity index (χ4n) is 2.07. The number of hydrogen-bond donors (Lipinski definition) is 0. The normalized spacial score (nSPS) is 10.6. The first-order valence-electron chi connectivity index (χ1n) is 6.00. The van der Waals surface area contributed by atoms with Crippen molar-refractivity contribution in [3.8, 4) is 11.3 Å². The number of hydrogen-bond acceptors (Lipinski definition) is 2. The van der Waals surface area contributed by atoms with Crippen molar-refractivity contribution in [2.75, 3.05) is 19.0 Å². The number of nitrogens with zero attached hydrogens (tertiary/aromatic N) is 2. The predicted octanol–water partition coefficient (Wildman–Crippen LogP) is 3.71. The van der Waals surface area contributed by atoms with Crippen LogP contribution in [-0.2, 0) is 0 Å². The molecule has 1 heterocycles. The molecule has 2 nitrogen and oxygen atoms in total.